The summed E-state index contributed by atoms with van der Waals surface area (Å²) in [6.45, 7) is 1.20. The molecule has 0 aliphatic carbocycles. The smallest absolute Gasteiger partial charge is 0.410 e. The number of carbonyl (C=O) groups excluding carboxylic acids is 1. The van der Waals surface area contributed by atoms with Gasteiger partial charge in [0, 0.05) is 19.6 Å². The minimum absolute atomic E-state index is 0.0261. The Bertz CT molecular complexity index is 800. The first-order chi connectivity index (χ1) is 13.0. The minimum Gasteiger partial charge on any atom is -0.480 e. The molecule has 1 fully saturated rings. The van der Waals surface area contributed by atoms with Gasteiger partial charge in [-0.15, -0.1) is 0 Å². The molecule has 0 bridgehead atoms. The van der Waals surface area contributed by atoms with Crippen LogP contribution in [-0.2, 0) is 22.7 Å². The maximum absolute atomic E-state index is 13.4. The number of carboxylic acid groups (broad SMARTS) is 1. The number of ether oxygens (including phenoxy) is 1. The number of amides is 1. The van der Waals surface area contributed by atoms with Crippen LogP contribution in [0.25, 0.3) is 0 Å². The van der Waals surface area contributed by atoms with Crippen molar-refractivity contribution in [2.45, 2.75) is 19.2 Å². The lowest BCUT2D eigenvalue weighted by Crippen LogP contribution is -2.57. The number of hydrogen-bond donors (Lipinski definition) is 1. The summed E-state index contributed by atoms with van der Waals surface area (Å²) in [7, 11) is 0. The molecule has 1 heterocycles. The first kappa shape index (κ1) is 18.8. The van der Waals surface area contributed by atoms with Gasteiger partial charge in [-0.1, -0.05) is 42.5 Å². The van der Waals surface area contributed by atoms with Crippen molar-refractivity contribution < 1.29 is 23.8 Å². The standard InChI is InChI=1S/C20H21FN2O4/c21-17-8-4-7-16(11-17)12-22-9-10-23(13-18(22)19(24)25)20(26)27-14-15-5-2-1-3-6-15/h1-8,11,18H,9-10,12-14H2,(H,24,25)/t18-/m0/s1. The van der Waals surface area contributed by atoms with Crippen LogP contribution < -0.4 is 0 Å². The van der Waals surface area contributed by atoms with Crippen LogP contribution in [0, 0.1) is 5.82 Å². The van der Waals surface area contributed by atoms with E-state index in [-0.39, 0.29) is 19.0 Å². The van der Waals surface area contributed by atoms with Crippen LogP contribution in [0.5, 0.6) is 0 Å². The fourth-order valence-corrected chi connectivity index (χ4v) is 3.09. The van der Waals surface area contributed by atoms with Crippen molar-refractivity contribution in [3.8, 4) is 0 Å². The summed E-state index contributed by atoms with van der Waals surface area (Å²) in [5, 5.41) is 9.55. The molecule has 0 spiro atoms. The average Bonchev–Trinajstić information content (AvgIpc) is 2.67. The molecule has 27 heavy (non-hydrogen) atoms. The van der Waals surface area contributed by atoms with Gasteiger partial charge < -0.3 is 14.7 Å². The second-order valence-corrected chi connectivity index (χ2v) is 6.44. The van der Waals surface area contributed by atoms with Gasteiger partial charge in [-0.05, 0) is 23.3 Å². The number of aliphatic carboxylic acids is 1. The predicted molar refractivity (Wildman–Crippen MR) is 96.4 cm³/mol. The monoisotopic (exact) mass is 372 g/mol. The van der Waals surface area contributed by atoms with Gasteiger partial charge in [-0.2, -0.15) is 0 Å². The fraction of sp³-hybridized carbons (Fsp3) is 0.300. The van der Waals surface area contributed by atoms with Crippen molar-refractivity contribution >= 4 is 12.1 Å². The third-order valence-corrected chi connectivity index (χ3v) is 4.51. The largest absolute Gasteiger partial charge is 0.480 e. The fourth-order valence-electron chi connectivity index (χ4n) is 3.09. The lowest BCUT2D eigenvalue weighted by molar-refractivity contribution is -0.145. The maximum atomic E-state index is 13.4. The van der Waals surface area contributed by atoms with E-state index in [0.717, 1.165) is 5.56 Å². The highest BCUT2D eigenvalue weighted by atomic mass is 19.1. The van der Waals surface area contributed by atoms with Crippen LogP contribution in [0.3, 0.4) is 0 Å². The lowest BCUT2D eigenvalue weighted by Gasteiger charge is -2.38. The summed E-state index contributed by atoms with van der Waals surface area (Å²) in [6, 6.07) is 14.5. The van der Waals surface area contributed by atoms with Crippen molar-refractivity contribution in [3.63, 3.8) is 0 Å². The van der Waals surface area contributed by atoms with Crippen LogP contribution in [0.4, 0.5) is 9.18 Å². The van der Waals surface area contributed by atoms with E-state index >= 15 is 0 Å². The highest BCUT2D eigenvalue weighted by Gasteiger charge is 2.34. The van der Waals surface area contributed by atoms with E-state index in [4.69, 9.17) is 4.74 Å². The van der Waals surface area contributed by atoms with E-state index in [1.165, 1.54) is 17.0 Å². The van der Waals surface area contributed by atoms with Crippen molar-refractivity contribution in [2.24, 2.45) is 0 Å². The van der Waals surface area contributed by atoms with Crippen LogP contribution in [0.1, 0.15) is 11.1 Å². The van der Waals surface area contributed by atoms with Gasteiger partial charge in [0.2, 0.25) is 0 Å². The first-order valence-electron chi connectivity index (χ1n) is 8.70. The summed E-state index contributed by atoms with van der Waals surface area (Å²) < 4.78 is 18.7. The van der Waals surface area contributed by atoms with Gasteiger partial charge in [0.05, 0.1) is 6.54 Å². The quantitative estimate of drug-likeness (QED) is 0.874. The van der Waals surface area contributed by atoms with Gasteiger partial charge in [0.15, 0.2) is 0 Å². The number of benzene rings is 2. The zero-order valence-corrected chi connectivity index (χ0v) is 14.8. The molecule has 1 aliphatic heterocycles. The van der Waals surface area contributed by atoms with E-state index in [1.54, 1.807) is 17.0 Å². The SMILES string of the molecule is O=C(O)[C@@H]1CN(C(=O)OCc2ccccc2)CCN1Cc1cccc(F)c1. The molecular formula is C20H21FN2O4. The minimum atomic E-state index is -1.02. The molecule has 0 saturated carbocycles. The Hall–Kier alpha value is -2.93. The number of carbonyl (C=O) groups is 2. The summed E-state index contributed by atoms with van der Waals surface area (Å²) in [5.41, 5.74) is 1.56. The second kappa shape index (κ2) is 8.64. The molecule has 1 saturated heterocycles. The molecule has 0 aromatic heterocycles. The lowest BCUT2D eigenvalue weighted by atomic mass is 10.1. The van der Waals surface area contributed by atoms with Gasteiger partial charge in [-0.3, -0.25) is 9.69 Å². The molecule has 142 valence electrons. The Labute approximate surface area is 156 Å². The molecule has 0 radical (unpaired) electrons. The molecule has 7 heteroatoms. The predicted octanol–water partition coefficient (Wildman–Crippen LogP) is 2.73. The third kappa shape index (κ3) is 5.04. The molecule has 6 nitrogen and oxygen atoms in total. The van der Waals surface area contributed by atoms with Crippen molar-refractivity contribution in [2.75, 3.05) is 19.6 Å². The number of carboxylic acids is 1. The molecule has 1 amide bonds. The maximum Gasteiger partial charge on any atom is 0.410 e. The van der Waals surface area contributed by atoms with E-state index in [0.29, 0.717) is 25.2 Å². The zero-order valence-electron chi connectivity index (χ0n) is 14.8. The summed E-state index contributed by atoms with van der Waals surface area (Å²) >= 11 is 0. The Morgan fingerprint density at radius 2 is 1.81 bits per heavy atom. The zero-order chi connectivity index (χ0) is 19.2. The summed E-state index contributed by atoms with van der Waals surface area (Å²) in [6.07, 6.45) is -0.532. The summed E-state index contributed by atoms with van der Waals surface area (Å²) in [5.74, 6) is -1.38. The molecule has 3 rings (SSSR count). The Morgan fingerprint density at radius 3 is 2.52 bits per heavy atom. The van der Waals surface area contributed by atoms with E-state index in [1.807, 2.05) is 30.3 Å². The Kier molecular flexibility index (Phi) is 6.03. The summed E-state index contributed by atoms with van der Waals surface area (Å²) in [4.78, 5) is 27.1. The molecule has 1 aliphatic rings. The number of hydrogen-bond acceptors (Lipinski definition) is 4. The van der Waals surface area contributed by atoms with Crippen LogP contribution >= 0.6 is 0 Å². The number of piperazine rings is 1. The van der Waals surface area contributed by atoms with E-state index < -0.39 is 18.1 Å². The Morgan fingerprint density at radius 1 is 1.07 bits per heavy atom. The number of rotatable bonds is 5. The van der Waals surface area contributed by atoms with Gasteiger partial charge in [-0.25, -0.2) is 9.18 Å². The van der Waals surface area contributed by atoms with Gasteiger partial charge >= 0.3 is 12.1 Å². The normalized spacial score (nSPS) is 17.5. The van der Waals surface area contributed by atoms with Gasteiger partial charge in [0.1, 0.15) is 18.5 Å². The second-order valence-electron chi connectivity index (χ2n) is 6.44. The third-order valence-electron chi connectivity index (χ3n) is 4.51. The highest BCUT2D eigenvalue weighted by molar-refractivity contribution is 5.76. The molecular weight excluding hydrogens is 351 g/mol. The highest BCUT2D eigenvalue weighted by Crippen LogP contribution is 2.16. The van der Waals surface area contributed by atoms with Gasteiger partial charge in [0.25, 0.3) is 0 Å². The molecule has 1 N–H and O–H groups in total. The molecule has 0 unspecified atom stereocenters. The average molecular weight is 372 g/mol. The first-order valence-corrected chi connectivity index (χ1v) is 8.70. The molecule has 1 atom stereocenters. The van der Waals surface area contributed by atoms with E-state index in [9.17, 15) is 19.1 Å². The van der Waals surface area contributed by atoms with Crippen molar-refractivity contribution in [3.05, 3.63) is 71.5 Å². The Balaban J connectivity index is 1.59. The van der Waals surface area contributed by atoms with Crippen LogP contribution in [0.15, 0.2) is 54.6 Å². The van der Waals surface area contributed by atoms with Crippen molar-refractivity contribution in [1.82, 2.24) is 9.80 Å². The number of nitrogens with zero attached hydrogens (tertiary/aromatic N) is 2. The molecule has 2 aromatic carbocycles. The van der Waals surface area contributed by atoms with E-state index in [2.05, 4.69) is 0 Å². The van der Waals surface area contributed by atoms with Crippen LogP contribution in [0.2, 0.25) is 0 Å². The number of halogens is 1. The molecule has 2 aromatic rings. The van der Waals surface area contributed by atoms with Crippen molar-refractivity contribution in [1.29, 1.82) is 0 Å². The van der Waals surface area contributed by atoms with Crippen LogP contribution in [-0.4, -0.2) is 52.6 Å². The topological polar surface area (TPSA) is 70.1 Å².